The van der Waals surface area contributed by atoms with Crippen molar-refractivity contribution in [1.82, 2.24) is 9.88 Å². The van der Waals surface area contributed by atoms with E-state index >= 15 is 0 Å². The van der Waals surface area contributed by atoms with Gasteiger partial charge in [-0.15, -0.1) is 0 Å². The molecule has 98 valence electrons. The zero-order valence-electron chi connectivity index (χ0n) is 11.0. The van der Waals surface area contributed by atoms with Crippen LogP contribution in [0.25, 0.3) is 0 Å². The maximum Gasteiger partial charge on any atom is 0.410 e. The molecule has 2 heterocycles. The molecule has 0 fully saturated rings. The fourth-order valence-electron chi connectivity index (χ4n) is 1.69. The summed E-state index contributed by atoms with van der Waals surface area (Å²) in [7, 11) is 0. The molecular weight excluding hydrogens is 232 g/mol. The zero-order chi connectivity index (χ0) is 13.2. The predicted octanol–water partition coefficient (Wildman–Crippen LogP) is 2.21. The number of rotatable bonds is 0. The number of hydrogen-bond donors (Lipinski definition) is 0. The van der Waals surface area contributed by atoms with Gasteiger partial charge in [-0.1, -0.05) is 6.07 Å². The third-order valence-corrected chi connectivity index (χ3v) is 2.46. The molecular formula is C13H18N2O3. The first-order valence-electron chi connectivity index (χ1n) is 6.00. The number of hydrogen-bond acceptors (Lipinski definition) is 4. The zero-order valence-corrected chi connectivity index (χ0v) is 11.0. The third kappa shape index (κ3) is 3.12. The monoisotopic (exact) mass is 250 g/mol. The first-order chi connectivity index (χ1) is 8.46. The molecule has 5 heteroatoms. The molecule has 1 aromatic rings. The average molecular weight is 250 g/mol. The van der Waals surface area contributed by atoms with Crippen LogP contribution in [0.5, 0.6) is 5.88 Å². The Morgan fingerprint density at radius 1 is 1.50 bits per heavy atom. The Morgan fingerprint density at radius 2 is 2.28 bits per heavy atom. The second kappa shape index (κ2) is 4.84. The van der Waals surface area contributed by atoms with E-state index in [2.05, 4.69) is 4.98 Å². The third-order valence-electron chi connectivity index (χ3n) is 2.46. The highest BCUT2D eigenvalue weighted by Gasteiger charge is 2.25. The Hall–Kier alpha value is -1.78. The van der Waals surface area contributed by atoms with Crippen molar-refractivity contribution in [3.63, 3.8) is 0 Å². The van der Waals surface area contributed by atoms with Crippen LogP contribution < -0.4 is 4.74 Å². The summed E-state index contributed by atoms with van der Waals surface area (Å²) in [5.41, 5.74) is 0.419. The van der Waals surface area contributed by atoms with Crippen LogP contribution in [0, 0.1) is 0 Å². The van der Waals surface area contributed by atoms with E-state index in [1.807, 2.05) is 32.9 Å². The summed E-state index contributed by atoms with van der Waals surface area (Å²) < 4.78 is 10.9. The molecule has 0 aliphatic carbocycles. The maximum absolute atomic E-state index is 12.0. The lowest BCUT2D eigenvalue weighted by Crippen LogP contribution is -2.37. The summed E-state index contributed by atoms with van der Waals surface area (Å²) in [6.07, 6.45) is 1.37. The van der Waals surface area contributed by atoms with Gasteiger partial charge in [-0.2, -0.15) is 0 Å². The van der Waals surface area contributed by atoms with Gasteiger partial charge < -0.3 is 14.4 Å². The molecule has 0 bridgehead atoms. The van der Waals surface area contributed by atoms with Crippen molar-refractivity contribution in [2.24, 2.45) is 0 Å². The first kappa shape index (κ1) is 12.7. The molecule has 18 heavy (non-hydrogen) atoms. The molecule has 1 aliphatic rings. The number of aromatic nitrogens is 1. The molecule has 0 N–H and O–H groups in total. The lowest BCUT2D eigenvalue weighted by Gasteiger charge is -2.25. The minimum absolute atomic E-state index is 0.317. The van der Waals surface area contributed by atoms with Crippen molar-refractivity contribution in [2.45, 2.75) is 32.9 Å². The van der Waals surface area contributed by atoms with Gasteiger partial charge in [0.25, 0.3) is 0 Å². The van der Waals surface area contributed by atoms with Crippen LogP contribution in [-0.2, 0) is 11.3 Å². The largest absolute Gasteiger partial charge is 0.476 e. The molecule has 0 saturated heterocycles. The quantitative estimate of drug-likeness (QED) is 0.708. The van der Waals surface area contributed by atoms with Crippen molar-refractivity contribution in [3.8, 4) is 5.88 Å². The van der Waals surface area contributed by atoms with Gasteiger partial charge in [0.15, 0.2) is 0 Å². The molecule has 2 rings (SSSR count). The van der Waals surface area contributed by atoms with Crippen LogP contribution >= 0.6 is 0 Å². The van der Waals surface area contributed by atoms with Gasteiger partial charge in [0.2, 0.25) is 5.88 Å². The van der Waals surface area contributed by atoms with E-state index in [4.69, 9.17) is 9.47 Å². The highest BCUT2D eigenvalue weighted by molar-refractivity contribution is 5.68. The van der Waals surface area contributed by atoms with Crippen molar-refractivity contribution in [2.75, 3.05) is 13.2 Å². The van der Waals surface area contributed by atoms with Crippen LogP contribution in [-0.4, -0.2) is 34.7 Å². The molecule has 0 radical (unpaired) electrons. The minimum atomic E-state index is -0.484. The first-order valence-corrected chi connectivity index (χ1v) is 6.00. The van der Waals surface area contributed by atoms with E-state index in [0.29, 0.717) is 25.6 Å². The van der Waals surface area contributed by atoms with Crippen LogP contribution in [0.4, 0.5) is 4.79 Å². The molecule has 0 unspecified atom stereocenters. The number of fused-ring (bicyclic) bond motifs is 1. The van der Waals surface area contributed by atoms with E-state index in [1.165, 1.54) is 0 Å². The highest BCUT2D eigenvalue weighted by atomic mass is 16.6. The van der Waals surface area contributed by atoms with Gasteiger partial charge >= 0.3 is 6.09 Å². The van der Waals surface area contributed by atoms with Gasteiger partial charge in [-0.05, 0) is 26.8 Å². The number of pyridine rings is 1. The summed E-state index contributed by atoms with van der Waals surface area (Å²) >= 11 is 0. The Labute approximate surface area is 107 Å². The molecule has 0 spiro atoms. The standard InChI is InChI=1S/C13H18N2O3/c1-13(2,3)18-12(16)15-7-8-17-11-10(9-15)5-4-6-14-11/h4-6H,7-9H2,1-3H3. The van der Waals surface area contributed by atoms with Crippen molar-refractivity contribution >= 4 is 6.09 Å². The van der Waals surface area contributed by atoms with Crippen molar-refractivity contribution < 1.29 is 14.3 Å². The number of carbonyl (C=O) groups is 1. The summed E-state index contributed by atoms with van der Waals surface area (Å²) in [4.78, 5) is 17.8. The Kier molecular flexibility index (Phi) is 3.41. The van der Waals surface area contributed by atoms with E-state index in [9.17, 15) is 4.79 Å². The van der Waals surface area contributed by atoms with E-state index in [1.54, 1.807) is 11.1 Å². The molecule has 5 nitrogen and oxygen atoms in total. The predicted molar refractivity (Wildman–Crippen MR) is 66.4 cm³/mol. The number of ether oxygens (including phenoxy) is 2. The number of amides is 1. The van der Waals surface area contributed by atoms with Gasteiger partial charge in [0.05, 0.1) is 13.1 Å². The van der Waals surface area contributed by atoms with E-state index in [-0.39, 0.29) is 6.09 Å². The van der Waals surface area contributed by atoms with Gasteiger partial charge in [0.1, 0.15) is 12.2 Å². The van der Waals surface area contributed by atoms with Gasteiger partial charge in [0, 0.05) is 11.8 Å². The van der Waals surface area contributed by atoms with Gasteiger partial charge in [-0.25, -0.2) is 9.78 Å². The summed E-state index contributed by atoms with van der Waals surface area (Å²) in [5, 5.41) is 0. The topological polar surface area (TPSA) is 51.7 Å². The summed E-state index contributed by atoms with van der Waals surface area (Å²) in [6, 6.07) is 3.74. The second-order valence-corrected chi connectivity index (χ2v) is 5.22. The molecule has 1 aromatic heterocycles. The molecule has 0 atom stereocenters. The normalized spacial score (nSPS) is 15.4. The molecule has 0 aromatic carbocycles. The fraction of sp³-hybridized carbons (Fsp3) is 0.538. The fourth-order valence-corrected chi connectivity index (χ4v) is 1.69. The van der Waals surface area contributed by atoms with Crippen LogP contribution in [0.2, 0.25) is 0 Å². The van der Waals surface area contributed by atoms with E-state index < -0.39 is 5.60 Å². The molecule has 1 amide bonds. The minimum Gasteiger partial charge on any atom is -0.476 e. The van der Waals surface area contributed by atoms with Crippen molar-refractivity contribution in [3.05, 3.63) is 23.9 Å². The smallest absolute Gasteiger partial charge is 0.410 e. The lowest BCUT2D eigenvalue weighted by molar-refractivity contribution is 0.0225. The Bertz CT molecular complexity index is 440. The summed E-state index contributed by atoms with van der Waals surface area (Å²) in [6.45, 7) is 6.98. The number of carbonyl (C=O) groups excluding carboxylic acids is 1. The van der Waals surface area contributed by atoms with Gasteiger partial charge in [-0.3, -0.25) is 0 Å². The molecule has 1 aliphatic heterocycles. The van der Waals surface area contributed by atoms with Crippen LogP contribution in [0.15, 0.2) is 18.3 Å². The number of nitrogens with zero attached hydrogens (tertiary/aromatic N) is 2. The molecule has 0 saturated carbocycles. The lowest BCUT2D eigenvalue weighted by atomic mass is 10.2. The van der Waals surface area contributed by atoms with Crippen LogP contribution in [0.1, 0.15) is 26.3 Å². The second-order valence-electron chi connectivity index (χ2n) is 5.22. The summed E-state index contributed by atoms with van der Waals surface area (Å²) in [5.74, 6) is 0.601. The average Bonchev–Trinajstić information content (AvgIpc) is 2.48. The Balaban J connectivity index is 2.10. The SMILES string of the molecule is CC(C)(C)OC(=O)N1CCOc2ncccc2C1. The van der Waals surface area contributed by atoms with E-state index in [0.717, 1.165) is 5.56 Å². The van der Waals surface area contributed by atoms with Crippen LogP contribution in [0.3, 0.4) is 0 Å². The maximum atomic E-state index is 12.0. The van der Waals surface area contributed by atoms with Crippen molar-refractivity contribution in [1.29, 1.82) is 0 Å². The Morgan fingerprint density at radius 3 is 3.00 bits per heavy atom. The highest BCUT2D eigenvalue weighted by Crippen LogP contribution is 2.21.